The van der Waals surface area contributed by atoms with Gasteiger partial charge in [-0.15, -0.1) is 13.2 Å². The Kier molecular flexibility index (Phi) is 4.78. The second kappa shape index (κ2) is 6.60. The monoisotopic (exact) mass is 326 g/mol. The van der Waals surface area contributed by atoms with Crippen LogP contribution in [0.4, 0.5) is 13.2 Å². The molecule has 4 nitrogen and oxygen atoms in total. The Morgan fingerprint density at radius 3 is 2.52 bits per heavy atom. The molecule has 1 N–H and O–H groups in total. The first-order chi connectivity index (χ1) is 10.8. The molecule has 0 saturated carbocycles. The van der Waals surface area contributed by atoms with Crippen LogP contribution in [0.2, 0.25) is 0 Å². The predicted molar refractivity (Wildman–Crippen MR) is 76.2 cm³/mol. The molecule has 0 bridgehead atoms. The summed E-state index contributed by atoms with van der Waals surface area (Å²) in [4.78, 5) is 11.8. The second-order valence-corrected chi connectivity index (χ2v) is 4.50. The van der Waals surface area contributed by atoms with Crippen molar-refractivity contribution in [2.45, 2.75) is 13.3 Å². The summed E-state index contributed by atoms with van der Waals surface area (Å²) in [7, 11) is 0. The van der Waals surface area contributed by atoms with Gasteiger partial charge in [0.2, 0.25) is 0 Å². The summed E-state index contributed by atoms with van der Waals surface area (Å²) >= 11 is 0. The predicted octanol–water partition coefficient (Wildman–Crippen LogP) is 4.13. The van der Waals surface area contributed by atoms with E-state index in [1.165, 1.54) is 42.5 Å². The van der Waals surface area contributed by atoms with Crippen molar-refractivity contribution < 1.29 is 32.5 Å². The van der Waals surface area contributed by atoms with E-state index >= 15 is 0 Å². The second-order valence-electron chi connectivity index (χ2n) is 4.50. The van der Waals surface area contributed by atoms with E-state index in [9.17, 15) is 23.1 Å². The van der Waals surface area contributed by atoms with Gasteiger partial charge in [0.25, 0.3) is 0 Å². The number of carbonyl (C=O) groups excluding carboxylic acids is 1. The summed E-state index contributed by atoms with van der Waals surface area (Å²) in [5.41, 5.74) is 0.284. The highest BCUT2D eigenvalue weighted by atomic mass is 19.4. The van der Waals surface area contributed by atoms with E-state index in [4.69, 9.17) is 4.74 Å². The zero-order valence-electron chi connectivity index (χ0n) is 12.1. The number of para-hydroxylation sites is 1. The van der Waals surface area contributed by atoms with E-state index in [0.717, 1.165) is 0 Å². The zero-order valence-corrected chi connectivity index (χ0v) is 12.1. The van der Waals surface area contributed by atoms with Crippen LogP contribution in [0.25, 0.3) is 11.1 Å². The van der Waals surface area contributed by atoms with Crippen molar-refractivity contribution >= 4 is 5.97 Å². The fraction of sp³-hybridized carbons (Fsp3) is 0.188. The van der Waals surface area contributed by atoms with Crippen LogP contribution >= 0.6 is 0 Å². The maximum atomic E-state index is 12.5. The van der Waals surface area contributed by atoms with E-state index in [0.29, 0.717) is 0 Å². The summed E-state index contributed by atoms with van der Waals surface area (Å²) in [5.74, 6) is -1.48. The van der Waals surface area contributed by atoms with Gasteiger partial charge in [-0.2, -0.15) is 0 Å². The number of carbonyl (C=O) groups is 1. The van der Waals surface area contributed by atoms with Crippen molar-refractivity contribution in [1.29, 1.82) is 0 Å². The Morgan fingerprint density at radius 1 is 1.17 bits per heavy atom. The quantitative estimate of drug-likeness (QED) is 0.858. The lowest BCUT2D eigenvalue weighted by atomic mass is 10.0. The molecule has 0 aliphatic rings. The minimum absolute atomic E-state index is 0.107. The Balaban J connectivity index is 2.47. The molecule has 0 atom stereocenters. The van der Waals surface area contributed by atoms with Crippen LogP contribution in [0, 0.1) is 0 Å². The smallest absolute Gasteiger partial charge is 0.507 e. The van der Waals surface area contributed by atoms with Gasteiger partial charge in [0.05, 0.1) is 6.61 Å². The molecular formula is C16H13F3O4. The lowest BCUT2D eigenvalue weighted by Gasteiger charge is -2.14. The van der Waals surface area contributed by atoms with Crippen LogP contribution in [-0.4, -0.2) is 24.0 Å². The largest absolute Gasteiger partial charge is 0.573 e. The molecular weight excluding hydrogens is 313 g/mol. The molecule has 0 amide bonds. The molecule has 0 radical (unpaired) electrons. The topological polar surface area (TPSA) is 55.8 Å². The average molecular weight is 326 g/mol. The number of phenols is 1. The minimum atomic E-state index is -4.84. The van der Waals surface area contributed by atoms with Crippen LogP contribution in [0.5, 0.6) is 11.5 Å². The number of halogens is 3. The van der Waals surface area contributed by atoms with Gasteiger partial charge >= 0.3 is 12.3 Å². The number of hydrogen-bond acceptors (Lipinski definition) is 4. The molecule has 0 saturated heterocycles. The highest BCUT2D eigenvalue weighted by Crippen LogP contribution is 2.35. The lowest BCUT2D eigenvalue weighted by Crippen LogP contribution is -2.17. The third-order valence-electron chi connectivity index (χ3n) is 2.92. The zero-order chi connectivity index (χ0) is 17.0. The van der Waals surface area contributed by atoms with E-state index < -0.39 is 18.1 Å². The summed E-state index contributed by atoms with van der Waals surface area (Å²) in [6, 6.07) is 9.38. The molecule has 7 heteroatoms. The molecule has 122 valence electrons. The van der Waals surface area contributed by atoms with Crippen LogP contribution in [0.15, 0.2) is 42.5 Å². The van der Waals surface area contributed by atoms with Crippen LogP contribution in [0.1, 0.15) is 17.3 Å². The van der Waals surface area contributed by atoms with E-state index in [-0.39, 0.29) is 29.0 Å². The van der Waals surface area contributed by atoms with Gasteiger partial charge in [0.1, 0.15) is 17.1 Å². The number of benzene rings is 2. The molecule has 0 fully saturated rings. The van der Waals surface area contributed by atoms with Crippen LogP contribution in [-0.2, 0) is 4.74 Å². The average Bonchev–Trinajstić information content (AvgIpc) is 2.47. The molecule has 0 heterocycles. The number of esters is 1. The summed E-state index contributed by atoms with van der Waals surface area (Å²) < 4.78 is 46.2. The van der Waals surface area contributed by atoms with Gasteiger partial charge in [-0.05, 0) is 30.7 Å². The molecule has 2 aromatic carbocycles. The van der Waals surface area contributed by atoms with E-state index in [2.05, 4.69) is 4.74 Å². The Hall–Kier alpha value is -2.70. The lowest BCUT2D eigenvalue weighted by molar-refractivity contribution is -0.274. The van der Waals surface area contributed by atoms with Gasteiger partial charge in [-0.1, -0.05) is 24.3 Å². The molecule has 0 aliphatic carbocycles. The summed E-state index contributed by atoms with van der Waals surface area (Å²) in [5, 5.41) is 9.72. The van der Waals surface area contributed by atoms with Crippen molar-refractivity contribution in [2.75, 3.05) is 6.61 Å². The number of hydrogen-bond donors (Lipinski definition) is 1. The van der Waals surface area contributed by atoms with Crippen LogP contribution in [0.3, 0.4) is 0 Å². The number of aromatic hydroxyl groups is 1. The van der Waals surface area contributed by atoms with Crippen molar-refractivity contribution in [1.82, 2.24) is 0 Å². The number of ether oxygens (including phenoxy) is 2. The van der Waals surface area contributed by atoms with Gasteiger partial charge in [0.15, 0.2) is 0 Å². The van der Waals surface area contributed by atoms with E-state index in [1.807, 2.05) is 0 Å². The fourth-order valence-corrected chi connectivity index (χ4v) is 1.99. The van der Waals surface area contributed by atoms with Crippen molar-refractivity contribution in [3.05, 3.63) is 48.0 Å². The highest BCUT2D eigenvalue weighted by molar-refractivity contribution is 5.94. The fourth-order valence-electron chi connectivity index (χ4n) is 1.99. The van der Waals surface area contributed by atoms with Crippen molar-refractivity contribution in [2.24, 2.45) is 0 Å². The Morgan fingerprint density at radius 2 is 1.87 bits per heavy atom. The normalized spacial score (nSPS) is 11.1. The summed E-state index contributed by atoms with van der Waals surface area (Å²) in [6.07, 6.45) is -4.84. The third-order valence-corrected chi connectivity index (χ3v) is 2.92. The molecule has 2 aromatic rings. The molecule has 0 spiro atoms. The first kappa shape index (κ1) is 16.7. The first-order valence-corrected chi connectivity index (χ1v) is 6.67. The molecule has 0 unspecified atom stereocenters. The SMILES string of the molecule is CCOC(=O)c1cc(-c2ccccc2OC(F)(F)F)ccc1O. The number of rotatable bonds is 4. The molecule has 2 rings (SSSR count). The Labute approximate surface area is 130 Å². The van der Waals surface area contributed by atoms with Gasteiger partial charge in [0, 0.05) is 5.56 Å². The third kappa shape index (κ3) is 4.15. The van der Waals surface area contributed by atoms with Gasteiger partial charge in [-0.3, -0.25) is 0 Å². The molecule has 0 aliphatic heterocycles. The van der Waals surface area contributed by atoms with Crippen molar-refractivity contribution in [3.63, 3.8) is 0 Å². The van der Waals surface area contributed by atoms with Gasteiger partial charge in [-0.25, -0.2) is 4.79 Å². The summed E-state index contributed by atoms with van der Waals surface area (Å²) in [6.45, 7) is 1.71. The number of alkyl halides is 3. The van der Waals surface area contributed by atoms with Crippen molar-refractivity contribution in [3.8, 4) is 22.6 Å². The molecule has 0 aromatic heterocycles. The Bertz CT molecular complexity index is 711. The highest BCUT2D eigenvalue weighted by Gasteiger charge is 2.32. The standard InChI is InChI=1S/C16H13F3O4/c1-2-22-15(21)12-9-10(7-8-13(12)20)11-5-3-4-6-14(11)23-16(17,18)19/h3-9,20H,2H2,1H3. The minimum Gasteiger partial charge on any atom is -0.507 e. The van der Waals surface area contributed by atoms with Gasteiger partial charge < -0.3 is 14.6 Å². The van der Waals surface area contributed by atoms with Crippen LogP contribution < -0.4 is 4.74 Å². The maximum absolute atomic E-state index is 12.5. The van der Waals surface area contributed by atoms with E-state index in [1.54, 1.807) is 6.92 Å². The molecule has 23 heavy (non-hydrogen) atoms. The first-order valence-electron chi connectivity index (χ1n) is 6.67. The maximum Gasteiger partial charge on any atom is 0.573 e. The number of phenolic OH excluding ortho intramolecular Hbond substituents is 1.